The van der Waals surface area contributed by atoms with Crippen molar-refractivity contribution in [3.8, 4) is 22.3 Å². The smallest absolute Gasteiger partial charge is 0.159 e. The molecule has 36 heavy (non-hydrogen) atoms. The summed E-state index contributed by atoms with van der Waals surface area (Å²) in [6.07, 6.45) is 3.87. The van der Waals surface area contributed by atoms with Gasteiger partial charge in [0.05, 0.1) is 0 Å². The Morgan fingerprint density at radius 2 is 0.889 bits per heavy atom. The van der Waals surface area contributed by atoms with Crippen LogP contribution in [0.25, 0.3) is 73.6 Å². The summed E-state index contributed by atoms with van der Waals surface area (Å²) < 4.78 is 5.26. The molecule has 0 saturated carbocycles. The largest absolute Gasteiger partial charge is 0.236 e. The predicted molar refractivity (Wildman–Crippen MR) is 156 cm³/mol. The lowest BCUT2D eigenvalue weighted by Crippen LogP contribution is -1.88. The number of rotatable bonds is 2. The van der Waals surface area contributed by atoms with E-state index in [2.05, 4.69) is 107 Å². The SMILES string of the molecule is c1ccc2c(c1)sc1cc(-c3cnc4ncc(-c5ccc6c(c5)sc5ccccc56)cc4c3)ccc12. The fourth-order valence-corrected chi connectivity index (χ4v) is 7.44. The maximum absolute atomic E-state index is 4.69. The highest BCUT2D eigenvalue weighted by Gasteiger charge is 2.10. The highest BCUT2D eigenvalue weighted by molar-refractivity contribution is 7.26. The van der Waals surface area contributed by atoms with Gasteiger partial charge in [-0.25, -0.2) is 9.97 Å². The van der Waals surface area contributed by atoms with Crippen molar-refractivity contribution in [3.63, 3.8) is 0 Å². The second-order valence-electron chi connectivity index (χ2n) is 9.11. The molecule has 0 saturated heterocycles. The third-order valence-electron chi connectivity index (χ3n) is 6.96. The van der Waals surface area contributed by atoms with Crippen LogP contribution in [0.1, 0.15) is 0 Å². The van der Waals surface area contributed by atoms with Crippen LogP contribution in [0, 0.1) is 0 Å². The molecular formula is C32H18N2S2. The molecule has 0 aliphatic carbocycles. The van der Waals surface area contributed by atoms with Crippen LogP contribution in [-0.2, 0) is 0 Å². The van der Waals surface area contributed by atoms with Gasteiger partial charge >= 0.3 is 0 Å². The summed E-state index contributed by atoms with van der Waals surface area (Å²) in [6.45, 7) is 0. The number of aromatic nitrogens is 2. The highest BCUT2D eigenvalue weighted by Crippen LogP contribution is 2.38. The lowest BCUT2D eigenvalue weighted by Gasteiger charge is -2.07. The monoisotopic (exact) mass is 494 g/mol. The summed E-state index contributed by atoms with van der Waals surface area (Å²) in [5.74, 6) is 0. The molecule has 4 aromatic heterocycles. The third kappa shape index (κ3) is 3.08. The van der Waals surface area contributed by atoms with Crippen LogP contribution in [-0.4, -0.2) is 9.97 Å². The normalized spacial score (nSPS) is 11.9. The molecular weight excluding hydrogens is 477 g/mol. The van der Waals surface area contributed by atoms with E-state index in [1.807, 2.05) is 35.1 Å². The van der Waals surface area contributed by atoms with Gasteiger partial charge in [0.1, 0.15) is 0 Å². The van der Waals surface area contributed by atoms with Crippen LogP contribution in [0.15, 0.2) is 109 Å². The van der Waals surface area contributed by atoms with Crippen LogP contribution in [0.5, 0.6) is 0 Å². The number of hydrogen-bond acceptors (Lipinski definition) is 4. The summed E-state index contributed by atoms with van der Waals surface area (Å²) in [4.78, 5) is 9.38. The Balaban J connectivity index is 1.23. The molecule has 0 atom stereocenters. The molecule has 0 aliphatic rings. The first-order valence-electron chi connectivity index (χ1n) is 11.9. The lowest BCUT2D eigenvalue weighted by atomic mass is 10.0. The number of benzene rings is 4. The van der Waals surface area contributed by atoms with Crippen LogP contribution in [0.2, 0.25) is 0 Å². The molecule has 0 fully saturated rings. The van der Waals surface area contributed by atoms with Crippen LogP contribution < -0.4 is 0 Å². The van der Waals surface area contributed by atoms with E-state index >= 15 is 0 Å². The molecule has 4 heteroatoms. The van der Waals surface area contributed by atoms with Crippen molar-refractivity contribution in [2.75, 3.05) is 0 Å². The molecule has 168 valence electrons. The van der Waals surface area contributed by atoms with Crippen LogP contribution in [0.3, 0.4) is 0 Å². The number of pyridine rings is 2. The Morgan fingerprint density at radius 3 is 1.42 bits per heavy atom. The first-order valence-corrected chi connectivity index (χ1v) is 13.5. The Kier molecular flexibility index (Phi) is 4.30. The minimum atomic E-state index is 0.772. The average molecular weight is 495 g/mol. The molecule has 8 aromatic rings. The number of nitrogens with zero attached hydrogens (tertiary/aromatic N) is 2. The van der Waals surface area contributed by atoms with E-state index in [0.29, 0.717) is 0 Å². The van der Waals surface area contributed by atoms with Gasteiger partial charge in [-0.1, -0.05) is 60.7 Å². The van der Waals surface area contributed by atoms with Gasteiger partial charge in [-0.15, -0.1) is 22.7 Å². The molecule has 0 N–H and O–H groups in total. The van der Waals surface area contributed by atoms with Gasteiger partial charge in [0, 0.05) is 69.3 Å². The molecule has 0 amide bonds. The van der Waals surface area contributed by atoms with E-state index in [4.69, 9.17) is 0 Å². The van der Waals surface area contributed by atoms with E-state index in [1.54, 1.807) is 0 Å². The van der Waals surface area contributed by atoms with E-state index < -0.39 is 0 Å². The van der Waals surface area contributed by atoms with Gasteiger partial charge in [0.25, 0.3) is 0 Å². The first-order chi connectivity index (χ1) is 17.8. The van der Waals surface area contributed by atoms with Crippen molar-refractivity contribution in [1.29, 1.82) is 0 Å². The zero-order chi connectivity index (χ0) is 23.6. The fraction of sp³-hybridized carbons (Fsp3) is 0. The maximum Gasteiger partial charge on any atom is 0.159 e. The Labute approximate surface area is 215 Å². The molecule has 0 spiro atoms. The van der Waals surface area contributed by atoms with E-state index in [-0.39, 0.29) is 0 Å². The van der Waals surface area contributed by atoms with Crippen molar-refractivity contribution >= 4 is 74.1 Å². The van der Waals surface area contributed by atoms with Gasteiger partial charge in [-0.2, -0.15) is 0 Å². The molecule has 0 radical (unpaired) electrons. The molecule has 2 nitrogen and oxygen atoms in total. The minimum absolute atomic E-state index is 0.772. The van der Waals surface area contributed by atoms with Gasteiger partial charge < -0.3 is 0 Å². The van der Waals surface area contributed by atoms with E-state index in [9.17, 15) is 0 Å². The molecule has 4 heterocycles. The Bertz CT molecular complexity index is 1970. The van der Waals surface area contributed by atoms with Crippen molar-refractivity contribution in [1.82, 2.24) is 9.97 Å². The summed E-state index contributed by atoms with van der Waals surface area (Å²) >= 11 is 3.69. The lowest BCUT2D eigenvalue weighted by molar-refractivity contribution is 1.29. The molecule has 8 rings (SSSR count). The summed E-state index contributed by atoms with van der Waals surface area (Å²) in [7, 11) is 0. The van der Waals surface area contributed by atoms with Gasteiger partial charge in [-0.3, -0.25) is 0 Å². The molecule has 4 aromatic carbocycles. The zero-order valence-corrected chi connectivity index (χ0v) is 20.7. The van der Waals surface area contributed by atoms with Gasteiger partial charge in [-0.05, 0) is 47.5 Å². The second-order valence-corrected chi connectivity index (χ2v) is 11.3. The van der Waals surface area contributed by atoms with Crippen molar-refractivity contribution < 1.29 is 0 Å². The maximum atomic E-state index is 4.69. The van der Waals surface area contributed by atoms with Crippen LogP contribution in [0.4, 0.5) is 0 Å². The topological polar surface area (TPSA) is 25.8 Å². The molecule has 0 bridgehead atoms. The third-order valence-corrected chi connectivity index (χ3v) is 9.22. The summed E-state index contributed by atoms with van der Waals surface area (Å²) in [5, 5.41) is 6.33. The average Bonchev–Trinajstić information content (AvgIpc) is 3.49. The fourth-order valence-electron chi connectivity index (χ4n) is 5.15. The minimum Gasteiger partial charge on any atom is -0.236 e. The van der Waals surface area contributed by atoms with E-state index in [1.165, 1.54) is 51.5 Å². The van der Waals surface area contributed by atoms with Gasteiger partial charge in [0.2, 0.25) is 0 Å². The van der Waals surface area contributed by atoms with Gasteiger partial charge in [0.15, 0.2) is 5.65 Å². The standard InChI is InChI=1S/C32H18N2S2/c1-3-7-28-24(5-1)26-11-9-19(15-30(26)35-28)22-13-21-14-23(18-34-32(21)33-17-22)20-10-12-27-25-6-2-4-8-29(25)36-31(27)16-20/h1-18H. The molecule has 0 aliphatic heterocycles. The highest BCUT2D eigenvalue weighted by atomic mass is 32.1. The summed E-state index contributed by atoms with van der Waals surface area (Å²) in [6, 6.07) is 35.1. The number of thiophene rings is 2. The summed E-state index contributed by atoms with van der Waals surface area (Å²) in [5.41, 5.74) is 5.36. The van der Waals surface area contributed by atoms with Crippen LogP contribution >= 0.6 is 22.7 Å². The number of fused-ring (bicyclic) bond motifs is 7. The van der Waals surface area contributed by atoms with E-state index in [0.717, 1.165) is 22.2 Å². The van der Waals surface area contributed by atoms with Crippen molar-refractivity contribution in [2.45, 2.75) is 0 Å². The predicted octanol–water partition coefficient (Wildman–Crippen LogP) is 9.70. The number of hydrogen-bond donors (Lipinski definition) is 0. The Hall–Kier alpha value is -4.12. The quantitative estimate of drug-likeness (QED) is 0.239. The van der Waals surface area contributed by atoms with Crippen molar-refractivity contribution in [2.24, 2.45) is 0 Å². The first kappa shape index (κ1) is 20.1. The Morgan fingerprint density at radius 1 is 0.417 bits per heavy atom. The molecule has 0 unspecified atom stereocenters. The second kappa shape index (κ2) is 7.69. The van der Waals surface area contributed by atoms with Crippen molar-refractivity contribution in [3.05, 3.63) is 109 Å². The zero-order valence-electron chi connectivity index (χ0n) is 19.1.